The molecule has 0 bridgehead atoms. The Labute approximate surface area is 161 Å². The van der Waals surface area contributed by atoms with Crippen LogP contribution in [0.2, 0.25) is 0 Å². The second-order valence-corrected chi connectivity index (χ2v) is 7.24. The van der Waals surface area contributed by atoms with Gasteiger partial charge in [0.1, 0.15) is 0 Å². The summed E-state index contributed by atoms with van der Waals surface area (Å²) >= 11 is 0. The summed E-state index contributed by atoms with van der Waals surface area (Å²) in [7, 11) is 0. The molecule has 3 heteroatoms. The average Bonchev–Trinajstić information content (AvgIpc) is 2.71. The molecule has 3 rings (SSSR count). The highest BCUT2D eigenvalue weighted by Crippen LogP contribution is 2.37. The average molecular weight is 370 g/mol. The van der Waals surface area contributed by atoms with Crippen LogP contribution in [0.5, 0.6) is 5.75 Å². The van der Waals surface area contributed by atoms with Crippen molar-refractivity contribution in [2.45, 2.75) is 51.9 Å². The Kier molecular flexibility index (Phi) is 6.65. The molecule has 0 aromatic heterocycles. The molecule has 144 valence electrons. The van der Waals surface area contributed by atoms with Crippen LogP contribution in [-0.2, 0) is 0 Å². The summed E-state index contributed by atoms with van der Waals surface area (Å²) in [6.45, 7) is 4.22. The number of rotatable bonds is 6. The van der Waals surface area contributed by atoms with Crippen molar-refractivity contribution in [2.75, 3.05) is 6.61 Å². The monoisotopic (exact) mass is 370 g/mol. The topological polar surface area (TPSA) is 9.23 Å². The molecule has 2 aromatic rings. The Morgan fingerprint density at radius 3 is 2.26 bits per heavy atom. The van der Waals surface area contributed by atoms with E-state index in [1.807, 2.05) is 12.1 Å². The molecule has 0 heterocycles. The van der Waals surface area contributed by atoms with Crippen LogP contribution >= 0.6 is 0 Å². The van der Waals surface area contributed by atoms with Crippen LogP contribution in [0.4, 0.5) is 8.78 Å². The minimum atomic E-state index is -0.920. The molecule has 0 radical (unpaired) electrons. The maximum Gasteiger partial charge on any atom is 0.201 e. The molecule has 0 amide bonds. The summed E-state index contributed by atoms with van der Waals surface area (Å²) in [5.41, 5.74) is 2.26. The Morgan fingerprint density at radius 2 is 1.63 bits per heavy atom. The standard InChI is InChI=1S/C24H28F2O/c1-3-5-6-17-7-9-18(10-8-17)19-11-13-20(14-12-19)21-15-16-22(27-4-2)24(26)23(21)25/h5-6,11-18H,3-4,7-10H2,1-2H3/b6-5+. The van der Waals surface area contributed by atoms with Crippen molar-refractivity contribution in [1.29, 1.82) is 0 Å². The zero-order chi connectivity index (χ0) is 19.2. The molecule has 1 fully saturated rings. The molecular formula is C24H28F2O. The smallest absolute Gasteiger partial charge is 0.201 e. The summed E-state index contributed by atoms with van der Waals surface area (Å²) in [6, 6.07) is 11.0. The quantitative estimate of drug-likeness (QED) is 0.486. The predicted octanol–water partition coefficient (Wildman–Crippen LogP) is 7.27. The van der Waals surface area contributed by atoms with E-state index in [0.29, 0.717) is 24.0 Å². The minimum Gasteiger partial charge on any atom is -0.491 e. The predicted molar refractivity (Wildman–Crippen MR) is 107 cm³/mol. The number of allylic oxidation sites excluding steroid dienone is 2. The number of ether oxygens (including phenoxy) is 1. The van der Waals surface area contributed by atoms with E-state index in [0.717, 1.165) is 6.42 Å². The van der Waals surface area contributed by atoms with Crippen LogP contribution in [0.25, 0.3) is 11.1 Å². The van der Waals surface area contributed by atoms with E-state index in [1.165, 1.54) is 37.3 Å². The number of benzene rings is 2. The lowest BCUT2D eigenvalue weighted by molar-refractivity contribution is 0.314. The second kappa shape index (κ2) is 9.16. The molecule has 1 nitrogen and oxygen atoms in total. The van der Waals surface area contributed by atoms with E-state index < -0.39 is 11.6 Å². The van der Waals surface area contributed by atoms with Crippen LogP contribution in [0.1, 0.15) is 57.4 Å². The molecule has 1 aliphatic carbocycles. The van der Waals surface area contributed by atoms with Crippen molar-refractivity contribution >= 4 is 0 Å². The van der Waals surface area contributed by atoms with Crippen molar-refractivity contribution in [2.24, 2.45) is 5.92 Å². The van der Waals surface area contributed by atoms with Gasteiger partial charge in [0, 0.05) is 5.56 Å². The molecule has 1 aliphatic rings. The summed E-state index contributed by atoms with van der Waals surface area (Å²) in [6.07, 6.45) is 10.6. The SMILES string of the molecule is CC/C=C/C1CCC(c2ccc(-c3ccc(OCC)c(F)c3F)cc2)CC1. The summed E-state index contributed by atoms with van der Waals surface area (Å²) in [5.74, 6) is -0.535. The molecule has 0 N–H and O–H groups in total. The van der Waals surface area contributed by atoms with Crippen LogP contribution in [0.15, 0.2) is 48.6 Å². The van der Waals surface area contributed by atoms with Gasteiger partial charge >= 0.3 is 0 Å². The molecule has 2 aromatic carbocycles. The van der Waals surface area contributed by atoms with Gasteiger partial charge in [0.15, 0.2) is 11.6 Å². The number of hydrogen-bond donors (Lipinski definition) is 0. The lowest BCUT2D eigenvalue weighted by Gasteiger charge is -2.27. The first-order valence-corrected chi connectivity index (χ1v) is 10.0. The largest absolute Gasteiger partial charge is 0.491 e. The van der Waals surface area contributed by atoms with Gasteiger partial charge in [0.2, 0.25) is 5.82 Å². The Morgan fingerprint density at radius 1 is 0.926 bits per heavy atom. The lowest BCUT2D eigenvalue weighted by Crippen LogP contribution is -2.11. The van der Waals surface area contributed by atoms with Crippen LogP contribution < -0.4 is 4.74 Å². The van der Waals surface area contributed by atoms with Gasteiger partial charge in [0.25, 0.3) is 0 Å². The third-order valence-corrected chi connectivity index (χ3v) is 5.46. The van der Waals surface area contributed by atoms with Gasteiger partial charge in [-0.3, -0.25) is 0 Å². The third kappa shape index (κ3) is 4.58. The molecule has 27 heavy (non-hydrogen) atoms. The van der Waals surface area contributed by atoms with Crippen LogP contribution in [-0.4, -0.2) is 6.61 Å². The highest BCUT2D eigenvalue weighted by molar-refractivity contribution is 5.65. The van der Waals surface area contributed by atoms with E-state index in [-0.39, 0.29) is 11.3 Å². The molecule has 1 saturated carbocycles. The van der Waals surface area contributed by atoms with Gasteiger partial charge in [-0.15, -0.1) is 0 Å². The summed E-state index contributed by atoms with van der Waals surface area (Å²) in [4.78, 5) is 0. The second-order valence-electron chi connectivity index (χ2n) is 7.24. The van der Waals surface area contributed by atoms with Crippen molar-refractivity contribution in [3.05, 3.63) is 65.7 Å². The van der Waals surface area contributed by atoms with Crippen molar-refractivity contribution in [1.82, 2.24) is 0 Å². The van der Waals surface area contributed by atoms with Gasteiger partial charge in [-0.2, -0.15) is 4.39 Å². The fourth-order valence-electron chi connectivity index (χ4n) is 3.93. The van der Waals surface area contributed by atoms with Gasteiger partial charge < -0.3 is 4.74 Å². The van der Waals surface area contributed by atoms with Crippen LogP contribution in [0.3, 0.4) is 0 Å². The molecule has 0 saturated heterocycles. The molecule has 0 spiro atoms. The van der Waals surface area contributed by atoms with E-state index in [9.17, 15) is 8.78 Å². The molecular weight excluding hydrogens is 342 g/mol. The van der Waals surface area contributed by atoms with E-state index >= 15 is 0 Å². The fraction of sp³-hybridized carbons (Fsp3) is 0.417. The third-order valence-electron chi connectivity index (χ3n) is 5.46. The lowest BCUT2D eigenvalue weighted by atomic mass is 9.78. The Bertz CT molecular complexity index is 772. The number of halogens is 2. The first kappa shape index (κ1) is 19.6. The highest BCUT2D eigenvalue weighted by Gasteiger charge is 2.21. The van der Waals surface area contributed by atoms with E-state index in [1.54, 1.807) is 13.0 Å². The molecule has 0 unspecified atom stereocenters. The van der Waals surface area contributed by atoms with E-state index in [2.05, 4.69) is 31.2 Å². The van der Waals surface area contributed by atoms with Gasteiger partial charge in [-0.25, -0.2) is 4.39 Å². The van der Waals surface area contributed by atoms with E-state index in [4.69, 9.17) is 4.74 Å². The molecule has 0 atom stereocenters. The van der Waals surface area contributed by atoms with Crippen molar-refractivity contribution in [3.63, 3.8) is 0 Å². The highest BCUT2D eigenvalue weighted by atomic mass is 19.2. The molecule has 0 aliphatic heterocycles. The number of hydrogen-bond acceptors (Lipinski definition) is 1. The Hall–Kier alpha value is -2.16. The maximum atomic E-state index is 14.4. The van der Waals surface area contributed by atoms with Gasteiger partial charge in [-0.1, -0.05) is 43.3 Å². The van der Waals surface area contributed by atoms with Crippen LogP contribution in [0, 0.1) is 17.6 Å². The maximum absolute atomic E-state index is 14.4. The first-order valence-electron chi connectivity index (χ1n) is 10.0. The fourth-order valence-corrected chi connectivity index (χ4v) is 3.93. The zero-order valence-corrected chi connectivity index (χ0v) is 16.2. The zero-order valence-electron chi connectivity index (χ0n) is 16.2. The summed E-state index contributed by atoms with van der Waals surface area (Å²) in [5, 5.41) is 0. The summed E-state index contributed by atoms with van der Waals surface area (Å²) < 4.78 is 33.7. The van der Waals surface area contributed by atoms with Gasteiger partial charge in [-0.05, 0) is 74.1 Å². The van der Waals surface area contributed by atoms with Gasteiger partial charge in [0.05, 0.1) is 6.61 Å². The minimum absolute atomic E-state index is 0.0377. The Balaban J connectivity index is 1.71. The first-order chi connectivity index (χ1) is 13.1. The van der Waals surface area contributed by atoms with Crippen molar-refractivity contribution < 1.29 is 13.5 Å². The normalized spacial score (nSPS) is 20.1. The van der Waals surface area contributed by atoms with Crippen molar-refractivity contribution in [3.8, 4) is 16.9 Å².